The zero-order valence-electron chi connectivity index (χ0n) is 10.4. The predicted molar refractivity (Wildman–Crippen MR) is 71.6 cm³/mol. The first kappa shape index (κ1) is 12.2. The van der Waals surface area contributed by atoms with Gasteiger partial charge in [-0.05, 0) is 19.1 Å². The van der Waals surface area contributed by atoms with Crippen LogP contribution < -0.4 is 16.5 Å². The molecule has 0 aliphatic carbocycles. The number of anilines is 1. The molecule has 1 aromatic carbocycles. The summed E-state index contributed by atoms with van der Waals surface area (Å²) >= 11 is 0. The van der Waals surface area contributed by atoms with Crippen molar-refractivity contribution >= 4 is 22.5 Å². The van der Waals surface area contributed by atoms with Crippen molar-refractivity contribution in [3.05, 3.63) is 40.2 Å². The molecule has 3 N–H and O–H groups in total. The number of pyridine rings is 1. The smallest absolute Gasteiger partial charge is 0.256 e. The van der Waals surface area contributed by atoms with Gasteiger partial charge in [-0.1, -0.05) is 6.07 Å². The van der Waals surface area contributed by atoms with Crippen LogP contribution in [-0.2, 0) is 7.05 Å². The second kappa shape index (κ2) is 4.52. The number of hydrogen-bond donors (Lipinski definition) is 2. The molecule has 18 heavy (non-hydrogen) atoms. The molecule has 0 saturated heterocycles. The Kier molecular flexibility index (Phi) is 3.06. The normalized spacial score (nSPS) is 10.6. The first-order valence-electron chi connectivity index (χ1n) is 5.72. The Morgan fingerprint density at radius 2 is 2.17 bits per heavy atom. The van der Waals surface area contributed by atoms with Crippen LogP contribution in [0.2, 0.25) is 0 Å². The molecule has 0 radical (unpaired) electrons. The molecule has 2 rings (SSSR count). The Labute approximate surface area is 104 Å². The fraction of sp³-hybridized carbons (Fsp3) is 0.231. The lowest BCUT2D eigenvalue weighted by Crippen LogP contribution is -2.29. The molecule has 0 spiro atoms. The summed E-state index contributed by atoms with van der Waals surface area (Å²) in [6.45, 7) is 2.28. The van der Waals surface area contributed by atoms with Gasteiger partial charge in [0.05, 0.1) is 10.9 Å². The number of carbonyl (C=O) groups is 1. The van der Waals surface area contributed by atoms with Crippen molar-refractivity contribution in [2.45, 2.75) is 6.92 Å². The molecule has 0 atom stereocenters. The van der Waals surface area contributed by atoms with Crippen molar-refractivity contribution in [3.8, 4) is 0 Å². The van der Waals surface area contributed by atoms with Gasteiger partial charge in [-0.15, -0.1) is 0 Å². The number of carbonyl (C=O) groups excluding carboxylic acids is 1. The minimum absolute atomic E-state index is 0.116. The fourth-order valence-electron chi connectivity index (χ4n) is 1.97. The maximum absolute atomic E-state index is 12.3. The first-order chi connectivity index (χ1) is 8.56. The summed E-state index contributed by atoms with van der Waals surface area (Å²) in [5.41, 5.74) is 6.72. The van der Waals surface area contributed by atoms with Crippen molar-refractivity contribution < 1.29 is 4.79 Å². The average Bonchev–Trinajstić information content (AvgIpc) is 2.33. The highest BCUT2D eigenvalue weighted by atomic mass is 16.2. The van der Waals surface area contributed by atoms with Gasteiger partial charge in [-0.25, -0.2) is 0 Å². The first-order valence-corrected chi connectivity index (χ1v) is 5.72. The number of nitrogens with zero attached hydrogens (tertiary/aromatic N) is 1. The number of nitrogen functional groups attached to an aromatic ring is 1. The van der Waals surface area contributed by atoms with Gasteiger partial charge in [0, 0.05) is 25.5 Å². The number of rotatable bonds is 2. The highest BCUT2D eigenvalue weighted by Gasteiger charge is 2.14. The van der Waals surface area contributed by atoms with Crippen molar-refractivity contribution in [1.29, 1.82) is 0 Å². The van der Waals surface area contributed by atoms with Crippen LogP contribution in [-0.4, -0.2) is 17.0 Å². The van der Waals surface area contributed by atoms with Crippen LogP contribution in [0.4, 0.5) is 5.69 Å². The molecule has 0 bridgehead atoms. The Hall–Kier alpha value is -2.30. The number of amides is 1. The molecular weight excluding hydrogens is 230 g/mol. The van der Waals surface area contributed by atoms with Crippen LogP contribution >= 0.6 is 0 Å². The highest BCUT2D eigenvalue weighted by molar-refractivity contribution is 6.00. The van der Waals surface area contributed by atoms with Crippen LogP contribution in [0, 0.1) is 0 Å². The number of aryl methyl sites for hydroxylation is 1. The van der Waals surface area contributed by atoms with E-state index in [1.165, 1.54) is 6.20 Å². The van der Waals surface area contributed by atoms with Crippen LogP contribution in [0.25, 0.3) is 10.9 Å². The SMILES string of the molecule is CCNC(=O)c1cn(C)c2cccc(N)c2c1=O. The highest BCUT2D eigenvalue weighted by Crippen LogP contribution is 2.17. The Bertz CT molecular complexity index is 674. The van der Waals surface area contributed by atoms with Gasteiger partial charge in [-0.2, -0.15) is 0 Å². The Balaban J connectivity index is 2.80. The standard InChI is InChI=1S/C13H15N3O2/c1-3-15-13(18)8-7-16(2)10-6-4-5-9(14)11(10)12(8)17/h4-7H,3,14H2,1-2H3,(H,15,18). The molecule has 5 nitrogen and oxygen atoms in total. The molecular formula is C13H15N3O2. The quantitative estimate of drug-likeness (QED) is 0.771. The van der Waals surface area contributed by atoms with E-state index in [9.17, 15) is 9.59 Å². The van der Waals surface area contributed by atoms with E-state index in [4.69, 9.17) is 5.73 Å². The van der Waals surface area contributed by atoms with E-state index in [1.807, 2.05) is 0 Å². The third-order valence-corrected chi connectivity index (χ3v) is 2.83. The molecule has 1 aromatic heterocycles. The molecule has 94 valence electrons. The summed E-state index contributed by atoms with van der Waals surface area (Å²) in [5, 5.41) is 3.01. The van der Waals surface area contributed by atoms with Gasteiger partial charge < -0.3 is 15.6 Å². The van der Waals surface area contributed by atoms with Crippen LogP contribution in [0.1, 0.15) is 17.3 Å². The lowest BCUT2D eigenvalue weighted by molar-refractivity contribution is 0.0954. The monoisotopic (exact) mass is 245 g/mol. The summed E-state index contributed by atoms with van der Waals surface area (Å²) in [6.07, 6.45) is 1.54. The number of benzene rings is 1. The van der Waals surface area contributed by atoms with E-state index in [0.717, 1.165) is 0 Å². The van der Waals surface area contributed by atoms with E-state index in [1.54, 1.807) is 36.7 Å². The van der Waals surface area contributed by atoms with Gasteiger partial charge in [0.25, 0.3) is 5.91 Å². The largest absolute Gasteiger partial charge is 0.398 e. The zero-order chi connectivity index (χ0) is 13.3. The summed E-state index contributed by atoms with van der Waals surface area (Å²) in [5.74, 6) is -0.372. The van der Waals surface area contributed by atoms with Crippen molar-refractivity contribution in [2.75, 3.05) is 12.3 Å². The second-order valence-electron chi connectivity index (χ2n) is 4.08. The Morgan fingerprint density at radius 1 is 1.44 bits per heavy atom. The average molecular weight is 245 g/mol. The Morgan fingerprint density at radius 3 is 2.83 bits per heavy atom. The third kappa shape index (κ3) is 1.84. The van der Waals surface area contributed by atoms with Gasteiger partial charge in [0.2, 0.25) is 5.43 Å². The van der Waals surface area contributed by atoms with E-state index < -0.39 is 0 Å². The molecule has 0 aliphatic heterocycles. The number of hydrogen-bond acceptors (Lipinski definition) is 3. The fourth-order valence-corrected chi connectivity index (χ4v) is 1.97. The lowest BCUT2D eigenvalue weighted by atomic mass is 10.1. The minimum Gasteiger partial charge on any atom is -0.398 e. The van der Waals surface area contributed by atoms with Gasteiger partial charge in [-0.3, -0.25) is 9.59 Å². The van der Waals surface area contributed by atoms with Crippen molar-refractivity contribution in [2.24, 2.45) is 7.05 Å². The molecule has 0 unspecified atom stereocenters. The molecule has 5 heteroatoms. The second-order valence-corrected chi connectivity index (χ2v) is 4.08. The molecule has 0 saturated carbocycles. The number of nitrogens with one attached hydrogen (secondary N) is 1. The van der Waals surface area contributed by atoms with E-state index in [2.05, 4.69) is 5.32 Å². The van der Waals surface area contributed by atoms with Gasteiger partial charge in [0.1, 0.15) is 5.56 Å². The zero-order valence-corrected chi connectivity index (χ0v) is 10.4. The summed E-state index contributed by atoms with van der Waals surface area (Å²) in [7, 11) is 1.78. The third-order valence-electron chi connectivity index (χ3n) is 2.83. The summed E-state index contributed by atoms with van der Waals surface area (Å²) in [4.78, 5) is 24.1. The maximum atomic E-state index is 12.3. The van der Waals surface area contributed by atoms with Gasteiger partial charge in [0.15, 0.2) is 0 Å². The number of fused-ring (bicyclic) bond motifs is 1. The topological polar surface area (TPSA) is 77.1 Å². The lowest BCUT2D eigenvalue weighted by Gasteiger charge is -2.10. The molecule has 1 amide bonds. The van der Waals surface area contributed by atoms with Crippen molar-refractivity contribution in [1.82, 2.24) is 9.88 Å². The number of nitrogens with two attached hydrogens (primary N) is 1. The maximum Gasteiger partial charge on any atom is 0.256 e. The number of aromatic nitrogens is 1. The summed E-state index contributed by atoms with van der Waals surface area (Å²) < 4.78 is 1.73. The van der Waals surface area contributed by atoms with Crippen LogP contribution in [0.3, 0.4) is 0 Å². The van der Waals surface area contributed by atoms with E-state index >= 15 is 0 Å². The van der Waals surface area contributed by atoms with Gasteiger partial charge >= 0.3 is 0 Å². The van der Waals surface area contributed by atoms with Crippen LogP contribution in [0.15, 0.2) is 29.2 Å². The molecule has 2 aromatic rings. The summed E-state index contributed by atoms with van der Waals surface area (Å²) in [6, 6.07) is 5.24. The van der Waals surface area contributed by atoms with E-state index in [-0.39, 0.29) is 16.9 Å². The van der Waals surface area contributed by atoms with Crippen LogP contribution in [0.5, 0.6) is 0 Å². The molecule has 0 fully saturated rings. The molecule has 0 aliphatic rings. The molecule has 1 heterocycles. The van der Waals surface area contributed by atoms with E-state index in [0.29, 0.717) is 23.1 Å². The van der Waals surface area contributed by atoms with Crippen molar-refractivity contribution in [3.63, 3.8) is 0 Å². The minimum atomic E-state index is -0.372. The predicted octanol–water partition coefficient (Wildman–Crippen LogP) is 0.870.